The highest BCUT2D eigenvalue weighted by Gasteiger charge is 2.25. The Labute approximate surface area is 117 Å². The lowest BCUT2D eigenvalue weighted by Crippen LogP contribution is -2.34. The molecule has 0 aromatic carbocycles. The second kappa shape index (κ2) is 5.72. The quantitative estimate of drug-likeness (QED) is 0.890. The fourth-order valence-corrected chi connectivity index (χ4v) is 3.71. The van der Waals surface area contributed by atoms with Gasteiger partial charge in [-0.2, -0.15) is 5.26 Å². The summed E-state index contributed by atoms with van der Waals surface area (Å²) in [5, 5.41) is 12.8. The van der Waals surface area contributed by atoms with Gasteiger partial charge in [0.05, 0.1) is 11.6 Å². The number of nitrogens with two attached hydrogens (primary N) is 1. The van der Waals surface area contributed by atoms with Crippen LogP contribution in [0.15, 0.2) is 0 Å². The zero-order valence-corrected chi connectivity index (χ0v) is 12.1. The van der Waals surface area contributed by atoms with Gasteiger partial charge >= 0.3 is 0 Å². The van der Waals surface area contributed by atoms with E-state index < -0.39 is 6.04 Å². The van der Waals surface area contributed by atoms with E-state index in [9.17, 15) is 10.1 Å². The molecule has 0 fully saturated rings. The molecule has 1 aliphatic carbocycles. The third-order valence-corrected chi connectivity index (χ3v) is 4.81. The maximum Gasteiger partial charge on any atom is 0.241 e. The van der Waals surface area contributed by atoms with Crippen molar-refractivity contribution in [1.82, 2.24) is 0 Å². The minimum absolute atomic E-state index is 0.203. The average Bonchev–Trinajstić information content (AvgIpc) is 2.73. The molecule has 1 amide bonds. The second-order valence-electron chi connectivity index (χ2n) is 5.17. The maximum absolute atomic E-state index is 11.8. The lowest BCUT2D eigenvalue weighted by atomic mass is 9.88. The number of fused-ring (bicyclic) bond motifs is 1. The van der Waals surface area contributed by atoms with Crippen molar-refractivity contribution in [3.63, 3.8) is 0 Å². The molecule has 2 atom stereocenters. The zero-order chi connectivity index (χ0) is 14.0. The van der Waals surface area contributed by atoms with Crippen molar-refractivity contribution < 1.29 is 4.79 Å². The van der Waals surface area contributed by atoms with Gasteiger partial charge in [0.15, 0.2) is 0 Å². The minimum atomic E-state index is -0.510. The second-order valence-corrected chi connectivity index (χ2v) is 6.28. The number of nitriles is 1. The molecule has 0 saturated heterocycles. The predicted octanol–water partition coefficient (Wildman–Crippen LogP) is 2.42. The Morgan fingerprint density at radius 1 is 1.68 bits per heavy atom. The molecule has 2 rings (SSSR count). The molecular formula is C14H19N3OS. The summed E-state index contributed by atoms with van der Waals surface area (Å²) >= 11 is 1.54. The number of carbonyl (C=O) groups is 1. The van der Waals surface area contributed by atoms with E-state index in [-0.39, 0.29) is 5.91 Å². The molecule has 1 aromatic heterocycles. The van der Waals surface area contributed by atoms with Gasteiger partial charge < -0.3 is 11.1 Å². The molecule has 19 heavy (non-hydrogen) atoms. The van der Waals surface area contributed by atoms with E-state index >= 15 is 0 Å². The van der Waals surface area contributed by atoms with Gasteiger partial charge in [0, 0.05) is 4.88 Å². The van der Waals surface area contributed by atoms with Gasteiger partial charge in [-0.1, -0.05) is 13.8 Å². The summed E-state index contributed by atoms with van der Waals surface area (Å²) < 4.78 is 0. The van der Waals surface area contributed by atoms with Crippen LogP contribution in [0, 0.1) is 17.2 Å². The van der Waals surface area contributed by atoms with E-state index in [1.807, 2.05) is 6.92 Å². The molecule has 4 nitrogen and oxygen atoms in total. The Morgan fingerprint density at radius 2 is 2.42 bits per heavy atom. The Hall–Kier alpha value is -1.38. The largest absolute Gasteiger partial charge is 0.320 e. The smallest absolute Gasteiger partial charge is 0.241 e. The molecular weight excluding hydrogens is 258 g/mol. The molecule has 1 aromatic rings. The third kappa shape index (κ3) is 2.80. The van der Waals surface area contributed by atoms with Gasteiger partial charge in [-0.15, -0.1) is 11.3 Å². The van der Waals surface area contributed by atoms with Gasteiger partial charge in [0.2, 0.25) is 5.91 Å². The van der Waals surface area contributed by atoms with Gasteiger partial charge in [0.1, 0.15) is 11.1 Å². The van der Waals surface area contributed by atoms with Crippen molar-refractivity contribution in [2.75, 3.05) is 5.32 Å². The number of anilines is 1. The van der Waals surface area contributed by atoms with E-state index in [0.717, 1.165) is 24.8 Å². The average molecular weight is 277 g/mol. The summed E-state index contributed by atoms with van der Waals surface area (Å²) in [6.07, 6.45) is 3.64. The van der Waals surface area contributed by atoms with Gasteiger partial charge in [0.25, 0.3) is 0 Å². The molecule has 1 heterocycles. The third-order valence-electron chi connectivity index (χ3n) is 3.64. The van der Waals surface area contributed by atoms with Crippen LogP contribution in [0.5, 0.6) is 0 Å². The number of nitrogens with zero attached hydrogens (tertiary/aromatic N) is 1. The van der Waals surface area contributed by atoms with E-state index in [4.69, 9.17) is 5.73 Å². The maximum atomic E-state index is 11.8. The highest BCUT2D eigenvalue weighted by Crippen LogP contribution is 2.39. The minimum Gasteiger partial charge on any atom is -0.320 e. The van der Waals surface area contributed by atoms with Crippen molar-refractivity contribution in [2.45, 2.75) is 45.6 Å². The first kappa shape index (κ1) is 14.0. The van der Waals surface area contributed by atoms with Crippen molar-refractivity contribution in [1.29, 1.82) is 5.26 Å². The van der Waals surface area contributed by atoms with Crippen molar-refractivity contribution in [3.05, 3.63) is 16.0 Å². The summed E-state index contributed by atoms with van der Waals surface area (Å²) in [5.41, 5.74) is 7.48. The number of thiophene rings is 1. The number of rotatable bonds is 3. The summed E-state index contributed by atoms with van der Waals surface area (Å²) in [4.78, 5) is 13.1. The standard InChI is InChI=1S/C14H19N3OS/c1-3-11(16)13(18)17-14-10(7-15)9-5-4-8(2)6-12(9)19-14/h8,11H,3-6,16H2,1-2H3,(H,17,18)/t8?,11-/m0/s1. The van der Waals surface area contributed by atoms with Crippen molar-refractivity contribution in [2.24, 2.45) is 11.7 Å². The fourth-order valence-electron chi connectivity index (χ4n) is 2.35. The lowest BCUT2D eigenvalue weighted by Gasteiger charge is -2.17. The fraction of sp³-hybridized carbons (Fsp3) is 0.571. The number of hydrogen-bond acceptors (Lipinski definition) is 4. The predicted molar refractivity (Wildman–Crippen MR) is 77.1 cm³/mol. The first-order chi connectivity index (χ1) is 9.06. The van der Waals surface area contributed by atoms with Gasteiger partial charge in [-0.25, -0.2) is 0 Å². The number of hydrogen-bond donors (Lipinski definition) is 2. The molecule has 0 aliphatic heterocycles. The summed E-state index contributed by atoms with van der Waals surface area (Å²) in [6, 6.07) is 1.73. The van der Waals surface area contributed by atoms with E-state index in [2.05, 4.69) is 18.3 Å². The number of nitrogens with one attached hydrogen (secondary N) is 1. The topological polar surface area (TPSA) is 78.9 Å². The van der Waals surface area contributed by atoms with E-state index in [0.29, 0.717) is 22.9 Å². The molecule has 0 saturated carbocycles. The molecule has 1 aliphatic rings. The molecule has 3 N–H and O–H groups in total. The first-order valence-electron chi connectivity index (χ1n) is 6.67. The van der Waals surface area contributed by atoms with Gasteiger partial charge in [-0.3, -0.25) is 4.79 Å². The summed E-state index contributed by atoms with van der Waals surface area (Å²) in [5.74, 6) is 0.449. The van der Waals surface area contributed by atoms with Crippen LogP contribution >= 0.6 is 11.3 Å². The van der Waals surface area contributed by atoms with Crippen molar-refractivity contribution >= 4 is 22.2 Å². The van der Waals surface area contributed by atoms with E-state index in [1.54, 1.807) is 0 Å². The van der Waals surface area contributed by atoms with Crippen molar-refractivity contribution in [3.8, 4) is 6.07 Å². The summed E-state index contributed by atoms with van der Waals surface area (Å²) in [7, 11) is 0. The van der Waals surface area contributed by atoms with Crippen LogP contribution in [0.3, 0.4) is 0 Å². The highest BCUT2D eigenvalue weighted by atomic mass is 32.1. The molecule has 102 valence electrons. The molecule has 5 heteroatoms. The number of carbonyl (C=O) groups excluding carboxylic acids is 1. The molecule has 1 unspecified atom stereocenters. The van der Waals surface area contributed by atoms with E-state index in [1.165, 1.54) is 16.2 Å². The zero-order valence-electron chi connectivity index (χ0n) is 11.3. The number of amides is 1. The summed E-state index contributed by atoms with van der Waals surface area (Å²) in [6.45, 7) is 4.09. The normalized spacial score (nSPS) is 19.4. The Balaban J connectivity index is 2.27. The Morgan fingerprint density at radius 3 is 3.05 bits per heavy atom. The SMILES string of the molecule is CC[C@H](N)C(=O)Nc1sc2c(c1C#N)CCC(C)C2. The van der Waals surface area contributed by atoms with Crippen LogP contribution in [-0.4, -0.2) is 11.9 Å². The van der Waals surface area contributed by atoms with Gasteiger partial charge in [-0.05, 0) is 37.2 Å². The Kier molecular flexibility index (Phi) is 4.23. The lowest BCUT2D eigenvalue weighted by molar-refractivity contribution is -0.117. The van der Waals surface area contributed by atoms with Crippen LogP contribution in [0.1, 0.15) is 42.7 Å². The first-order valence-corrected chi connectivity index (χ1v) is 7.49. The van der Waals surface area contributed by atoms with Crippen LogP contribution in [0.2, 0.25) is 0 Å². The molecule has 0 spiro atoms. The monoisotopic (exact) mass is 277 g/mol. The van der Waals surface area contributed by atoms with Crippen LogP contribution in [0.4, 0.5) is 5.00 Å². The highest BCUT2D eigenvalue weighted by molar-refractivity contribution is 7.16. The Bertz CT molecular complexity index is 530. The van der Waals surface area contributed by atoms with Crippen LogP contribution < -0.4 is 11.1 Å². The van der Waals surface area contributed by atoms with Crippen LogP contribution in [-0.2, 0) is 17.6 Å². The molecule has 0 radical (unpaired) electrons. The van der Waals surface area contributed by atoms with Crippen LogP contribution in [0.25, 0.3) is 0 Å². The molecule has 0 bridgehead atoms.